The van der Waals surface area contributed by atoms with Crippen LogP contribution in [0.15, 0.2) is 40.8 Å². The molecule has 1 aromatic heterocycles. The molecule has 2 atom stereocenters. The van der Waals surface area contributed by atoms with E-state index in [4.69, 9.17) is 9.15 Å². The Bertz CT molecular complexity index is 691. The fraction of sp³-hybridized carbons (Fsp3) is 0.524. The largest absolute Gasteiger partial charge is 0.465 e. The van der Waals surface area contributed by atoms with Gasteiger partial charge >= 0.3 is 0 Å². The van der Waals surface area contributed by atoms with Gasteiger partial charge in [-0.05, 0) is 49.4 Å². The molecule has 2 aliphatic rings. The van der Waals surface area contributed by atoms with Crippen molar-refractivity contribution in [3.05, 3.63) is 59.0 Å². The van der Waals surface area contributed by atoms with E-state index in [-0.39, 0.29) is 6.04 Å². The first-order valence-corrected chi connectivity index (χ1v) is 9.48. The summed E-state index contributed by atoms with van der Waals surface area (Å²) in [5.41, 5.74) is 3.02. The highest BCUT2D eigenvalue weighted by atomic mass is 16.5. The first kappa shape index (κ1) is 16.8. The molecule has 0 amide bonds. The first-order valence-electron chi connectivity index (χ1n) is 9.48. The maximum absolute atomic E-state index is 5.97. The molecule has 2 heterocycles. The molecule has 1 aliphatic heterocycles. The van der Waals surface area contributed by atoms with Crippen LogP contribution in [0.1, 0.15) is 35.1 Å². The van der Waals surface area contributed by atoms with Crippen molar-refractivity contribution in [1.29, 1.82) is 0 Å². The van der Waals surface area contributed by atoms with Gasteiger partial charge in [0.2, 0.25) is 0 Å². The molecule has 1 fully saturated rings. The number of ether oxygens (including phenoxy) is 1. The molecule has 1 saturated heterocycles. The van der Waals surface area contributed by atoms with E-state index in [0.29, 0.717) is 6.04 Å². The van der Waals surface area contributed by atoms with Crippen molar-refractivity contribution in [2.24, 2.45) is 0 Å². The minimum atomic E-state index is 0.287. The lowest BCUT2D eigenvalue weighted by atomic mass is 9.88. The zero-order valence-corrected chi connectivity index (χ0v) is 15.0. The Balaban J connectivity index is 1.42. The van der Waals surface area contributed by atoms with Gasteiger partial charge in [-0.1, -0.05) is 24.3 Å². The van der Waals surface area contributed by atoms with Gasteiger partial charge < -0.3 is 14.5 Å². The molecule has 4 heteroatoms. The van der Waals surface area contributed by atoms with E-state index in [1.54, 1.807) is 0 Å². The number of fused-ring (bicyclic) bond motifs is 1. The number of morpholine rings is 1. The van der Waals surface area contributed by atoms with E-state index >= 15 is 0 Å². The molecule has 0 saturated carbocycles. The van der Waals surface area contributed by atoms with Crippen LogP contribution in [0.5, 0.6) is 0 Å². The van der Waals surface area contributed by atoms with Gasteiger partial charge in [0.1, 0.15) is 11.5 Å². The predicted molar refractivity (Wildman–Crippen MR) is 98.8 cm³/mol. The molecule has 0 radical (unpaired) electrons. The molecule has 4 rings (SSSR count). The minimum absolute atomic E-state index is 0.287. The Morgan fingerprint density at radius 2 is 1.92 bits per heavy atom. The third-order valence-corrected chi connectivity index (χ3v) is 5.52. The Labute approximate surface area is 150 Å². The summed E-state index contributed by atoms with van der Waals surface area (Å²) in [5.74, 6) is 2.06. The van der Waals surface area contributed by atoms with Crippen LogP contribution in [-0.4, -0.2) is 43.8 Å². The van der Waals surface area contributed by atoms with Gasteiger partial charge in [-0.2, -0.15) is 0 Å². The van der Waals surface area contributed by atoms with E-state index in [9.17, 15) is 0 Å². The number of nitrogens with one attached hydrogen (secondary N) is 1. The summed E-state index contributed by atoms with van der Waals surface area (Å²) in [6.07, 6.45) is 3.52. The zero-order valence-electron chi connectivity index (χ0n) is 15.0. The third kappa shape index (κ3) is 3.97. The van der Waals surface area contributed by atoms with E-state index in [0.717, 1.165) is 50.8 Å². The maximum Gasteiger partial charge on any atom is 0.122 e. The Morgan fingerprint density at radius 1 is 1.12 bits per heavy atom. The van der Waals surface area contributed by atoms with Gasteiger partial charge in [0.15, 0.2) is 0 Å². The number of aryl methyl sites for hydroxylation is 2. The molecule has 0 spiro atoms. The number of hydrogen-bond donors (Lipinski definition) is 1. The number of benzene rings is 1. The summed E-state index contributed by atoms with van der Waals surface area (Å²) in [6, 6.07) is 13.9. The maximum atomic E-state index is 5.97. The van der Waals surface area contributed by atoms with Crippen LogP contribution in [0.4, 0.5) is 0 Å². The average Bonchev–Trinajstić information content (AvgIpc) is 3.09. The van der Waals surface area contributed by atoms with Gasteiger partial charge in [-0.15, -0.1) is 0 Å². The molecule has 0 bridgehead atoms. The van der Waals surface area contributed by atoms with Crippen molar-refractivity contribution in [3.63, 3.8) is 0 Å². The molecule has 4 nitrogen and oxygen atoms in total. The van der Waals surface area contributed by atoms with Crippen molar-refractivity contribution in [2.45, 2.75) is 38.3 Å². The fourth-order valence-corrected chi connectivity index (χ4v) is 4.08. The number of furan rings is 1. The van der Waals surface area contributed by atoms with Gasteiger partial charge in [0, 0.05) is 25.7 Å². The molecule has 2 unspecified atom stereocenters. The van der Waals surface area contributed by atoms with Crippen LogP contribution in [0, 0.1) is 6.92 Å². The molecule has 1 aromatic carbocycles. The molecule has 25 heavy (non-hydrogen) atoms. The van der Waals surface area contributed by atoms with Gasteiger partial charge in [0.25, 0.3) is 0 Å². The van der Waals surface area contributed by atoms with Crippen LogP contribution in [0.2, 0.25) is 0 Å². The second-order valence-electron chi connectivity index (χ2n) is 7.23. The van der Waals surface area contributed by atoms with Gasteiger partial charge in [0.05, 0.1) is 19.3 Å². The van der Waals surface area contributed by atoms with Crippen molar-refractivity contribution in [2.75, 3.05) is 32.8 Å². The number of rotatable bonds is 5. The lowest BCUT2D eigenvalue weighted by Gasteiger charge is -2.35. The lowest BCUT2D eigenvalue weighted by Crippen LogP contribution is -2.45. The normalized spacial score (nSPS) is 22.5. The van der Waals surface area contributed by atoms with Gasteiger partial charge in [-0.3, -0.25) is 4.90 Å². The molecular formula is C21H28N2O2. The summed E-state index contributed by atoms with van der Waals surface area (Å²) in [7, 11) is 0. The van der Waals surface area contributed by atoms with Crippen LogP contribution in [0.3, 0.4) is 0 Å². The van der Waals surface area contributed by atoms with Crippen LogP contribution in [0.25, 0.3) is 0 Å². The summed E-state index contributed by atoms with van der Waals surface area (Å²) in [6.45, 7) is 6.52. The van der Waals surface area contributed by atoms with Crippen LogP contribution >= 0.6 is 0 Å². The standard InChI is InChI=1S/C21H28N2O2/c1-16-6-9-21(25-16)20(23-10-12-24-13-11-23)15-22-19-8-7-17-4-2-3-5-18(17)14-19/h2-6,9,19-20,22H,7-8,10-15H2,1H3. The van der Waals surface area contributed by atoms with E-state index in [1.165, 1.54) is 24.0 Å². The highest BCUT2D eigenvalue weighted by Gasteiger charge is 2.26. The Kier molecular flexibility index (Phi) is 5.20. The predicted octanol–water partition coefficient (Wildman–Crippen LogP) is 3.11. The SMILES string of the molecule is Cc1ccc(C(CNC2CCc3ccccc3C2)N2CCOCC2)o1. The topological polar surface area (TPSA) is 37.6 Å². The Hall–Kier alpha value is -1.62. The lowest BCUT2D eigenvalue weighted by molar-refractivity contribution is 0.0109. The van der Waals surface area contributed by atoms with Crippen molar-refractivity contribution >= 4 is 0 Å². The van der Waals surface area contributed by atoms with Crippen molar-refractivity contribution in [1.82, 2.24) is 10.2 Å². The molecule has 1 aliphatic carbocycles. The van der Waals surface area contributed by atoms with E-state index in [2.05, 4.69) is 46.6 Å². The number of hydrogen-bond acceptors (Lipinski definition) is 4. The van der Waals surface area contributed by atoms with Gasteiger partial charge in [-0.25, -0.2) is 0 Å². The molecular weight excluding hydrogens is 312 g/mol. The smallest absolute Gasteiger partial charge is 0.122 e. The Morgan fingerprint density at radius 3 is 2.68 bits per heavy atom. The highest BCUT2D eigenvalue weighted by Crippen LogP contribution is 2.25. The monoisotopic (exact) mass is 340 g/mol. The van der Waals surface area contributed by atoms with E-state index < -0.39 is 0 Å². The van der Waals surface area contributed by atoms with Crippen LogP contribution < -0.4 is 5.32 Å². The van der Waals surface area contributed by atoms with Crippen molar-refractivity contribution in [3.8, 4) is 0 Å². The minimum Gasteiger partial charge on any atom is -0.465 e. The summed E-state index contributed by atoms with van der Waals surface area (Å²) in [5, 5.41) is 3.83. The molecule has 2 aromatic rings. The zero-order chi connectivity index (χ0) is 17.1. The second-order valence-corrected chi connectivity index (χ2v) is 7.23. The molecule has 134 valence electrons. The molecule has 1 N–H and O–H groups in total. The summed E-state index contributed by atoms with van der Waals surface area (Å²) < 4.78 is 11.5. The first-order chi connectivity index (χ1) is 12.3. The summed E-state index contributed by atoms with van der Waals surface area (Å²) in [4.78, 5) is 2.49. The van der Waals surface area contributed by atoms with E-state index in [1.807, 2.05) is 6.92 Å². The average molecular weight is 340 g/mol. The third-order valence-electron chi connectivity index (χ3n) is 5.52. The second kappa shape index (κ2) is 7.73. The van der Waals surface area contributed by atoms with Crippen LogP contribution in [-0.2, 0) is 17.6 Å². The van der Waals surface area contributed by atoms with Crippen molar-refractivity contribution < 1.29 is 9.15 Å². The fourth-order valence-electron chi connectivity index (χ4n) is 4.08. The summed E-state index contributed by atoms with van der Waals surface area (Å²) >= 11 is 0. The quantitative estimate of drug-likeness (QED) is 0.908. The highest BCUT2D eigenvalue weighted by molar-refractivity contribution is 5.30. The number of nitrogens with zero attached hydrogens (tertiary/aromatic N) is 1.